The van der Waals surface area contributed by atoms with Gasteiger partial charge in [0.1, 0.15) is 17.5 Å². The van der Waals surface area contributed by atoms with Crippen molar-refractivity contribution < 1.29 is 24.1 Å². The molecular formula is C44H53N3O5. The van der Waals surface area contributed by atoms with Crippen molar-refractivity contribution in [2.45, 2.75) is 90.4 Å². The van der Waals surface area contributed by atoms with E-state index in [-0.39, 0.29) is 5.91 Å². The Hall–Kier alpha value is -4.52. The Labute approximate surface area is 309 Å². The van der Waals surface area contributed by atoms with Crippen molar-refractivity contribution in [2.75, 3.05) is 26.3 Å². The lowest BCUT2D eigenvalue weighted by molar-refractivity contribution is -0.121. The third kappa shape index (κ3) is 13.2. The first-order valence-corrected chi connectivity index (χ1v) is 18.8. The number of hydrogen-bond acceptors (Lipinski definition) is 7. The van der Waals surface area contributed by atoms with Gasteiger partial charge in [0, 0.05) is 50.2 Å². The van der Waals surface area contributed by atoms with E-state index in [1.807, 2.05) is 72.8 Å². The molecule has 1 aliphatic rings. The minimum Gasteiger partial charge on any atom is -0.459 e. The van der Waals surface area contributed by atoms with E-state index >= 15 is 0 Å². The van der Waals surface area contributed by atoms with Crippen LogP contribution >= 0.6 is 0 Å². The number of amides is 1. The number of benzene rings is 3. The van der Waals surface area contributed by atoms with Gasteiger partial charge in [-0.15, -0.1) is 0 Å². The van der Waals surface area contributed by atoms with Crippen LogP contribution < -0.4 is 10.1 Å². The number of ether oxygens (including phenoxy) is 3. The molecule has 52 heavy (non-hydrogen) atoms. The van der Waals surface area contributed by atoms with Crippen LogP contribution in [0, 0.1) is 11.8 Å². The molecule has 5 rings (SSSR count). The first-order chi connectivity index (χ1) is 25.6. The first kappa shape index (κ1) is 38.7. The van der Waals surface area contributed by atoms with Crippen molar-refractivity contribution in [3.8, 4) is 17.6 Å². The second-order valence-electron chi connectivity index (χ2n) is 13.2. The Morgan fingerprint density at radius 1 is 0.923 bits per heavy atom. The van der Waals surface area contributed by atoms with Crippen molar-refractivity contribution >= 4 is 5.91 Å². The van der Waals surface area contributed by atoms with Gasteiger partial charge in [-0.25, -0.2) is 4.98 Å². The van der Waals surface area contributed by atoms with Crippen LogP contribution in [0.25, 0.3) is 0 Å². The molecule has 0 aliphatic carbocycles. The number of fused-ring (bicyclic) bond motifs is 1. The van der Waals surface area contributed by atoms with Gasteiger partial charge in [0.15, 0.2) is 0 Å². The van der Waals surface area contributed by atoms with Crippen LogP contribution in [-0.4, -0.2) is 47.2 Å². The molecule has 8 nitrogen and oxygen atoms in total. The van der Waals surface area contributed by atoms with Crippen LogP contribution in [0.15, 0.2) is 97.1 Å². The molecule has 4 aromatic rings. The van der Waals surface area contributed by atoms with Crippen LogP contribution in [0.2, 0.25) is 0 Å². The van der Waals surface area contributed by atoms with Crippen LogP contribution in [0.5, 0.6) is 5.75 Å². The Morgan fingerprint density at radius 2 is 1.69 bits per heavy atom. The SMILES string of the molecule is CCCCC(=O)NCc1ccc(C#CCCOCCCCCCN(Cc2ccccc2)CC(O)c2ccc3c(n2)COC(c2ccccc2)O3)cc1. The predicted octanol–water partition coefficient (Wildman–Crippen LogP) is 8.05. The van der Waals surface area contributed by atoms with Gasteiger partial charge in [-0.05, 0) is 61.2 Å². The number of aliphatic hydroxyl groups excluding tert-OH is 1. The molecule has 274 valence electrons. The van der Waals surface area contributed by atoms with Crippen LogP contribution in [0.1, 0.15) is 104 Å². The summed E-state index contributed by atoms with van der Waals surface area (Å²) in [6.07, 6.45) is 6.27. The first-order valence-electron chi connectivity index (χ1n) is 18.8. The van der Waals surface area contributed by atoms with Gasteiger partial charge < -0.3 is 24.6 Å². The number of carbonyl (C=O) groups is 1. The highest BCUT2D eigenvalue weighted by Crippen LogP contribution is 2.33. The maximum atomic E-state index is 11.8. The Kier molecular flexibility index (Phi) is 16.2. The van der Waals surface area contributed by atoms with Gasteiger partial charge in [0.2, 0.25) is 12.2 Å². The molecule has 0 saturated heterocycles. The molecule has 2 unspecified atom stereocenters. The number of nitrogens with one attached hydrogen (secondary N) is 1. The fraction of sp³-hybridized carbons (Fsp3) is 0.409. The Balaban J connectivity index is 0.982. The monoisotopic (exact) mass is 703 g/mol. The predicted molar refractivity (Wildman–Crippen MR) is 204 cm³/mol. The summed E-state index contributed by atoms with van der Waals surface area (Å²) >= 11 is 0. The second kappa shape index (κ2) is 21.8. The molecule has 0 fully saturated rings. The minimum absolute atomic E-state index is 0.105. The third-order valence-corrected chi connectivity index (χ3v) is 8.97. The standard InChI is InChI=1S/C44H53N3O5/c1-2-3-21-43(49)45-31-36-24-22-35(23-25-36)16-12-15-30-50-29-14-5-4-13-28-47(32-37-17-8-6-9-18-37)33-41(48)39-26-27-42-40(46-39)34-51-44(52-42)38-19-10-7-11-20-38/h6-11,17-20,22-27,41,44,48H,2-5,13-15,21,28-34H2,1H3,(H,45,49). The smallest absolute Gasteiger partial charge is 0.227 e. The maximum Gasteiger partial charge on any atom is 0.227 e. The van der Waals surface area contributed by atoms with E-state index in [4.69, 9.17) is 19.2 Å². The summed E-state index contributed by atoms with van der Waals surface area (Å²) in [5.74, 6) is 7.20. The van der Waals surface area contributed by atoms with E-state index in [2.05, 4.69) is 53.2 Å². The van der Waals surface area contributed by atoms with E-state index in [1.165, 1.54) is 5.56 Å². The average molecular weight is 704 g/mol. The van der Waals surface area contributed by atoms with Crippen molar-refractivity contribution in [2.24, 2.45) is 0 Å². The molecule has 2 heterocycles. The molecule has 0 spiro atoms. The van der Waals surface area contributed by atoms with Crippen molar-refractivity contribution in [1.29, 1.82) is 0 Å². The highest BCUT2D eigenvalue weighted by Gasteiger charge is 2.24. The van der Waals surface area contributed by atoms with Gasteiger partial charge in [-0.2, -0.15) is 0 Å². The van der Waals surface area contributed by atoms with Gasteiger partial charge >= 0.3 is 0 Å². The summed E-state index contributed by atoms with van der Waals surface area (Å²) in [5, 5.41) is 14.2. The number of carbonyl (C=O) groups excluding carboxylic acids is 1. The van der Waals surface area contributed by atoms with E-state index in [1.54, 1.807) is 0 Å². The maximum absolute atomic E-state index is 11.8. The Bertz CT molecular complexity index is 1690. The molecule has 1 amide bonds. The lowest BCUT2D eigenvalue weighted by atomic mass is 10.1. The molecule has 2 N–H and O–H groups in total. The molecule has 3 aromatic carbocycles. The molecular weight excluding hydrogens is 651 g/mol. The summed E-state index contributed by atoms with van der Waals surface area (Å²) < 4.78 is 17.8. The molecule has 8 heteroatoms. The lowest BCUT2D eigenvalue weighted by Gasteiger charge is -2.28. The number of unbranched alkanes of at least 4 members (excludes halogenated alkanes) is 4. The average Bonchev–Trinajstić information content (AvgIpc) is 3.19. The number of aromatic nitrogens is 1. The van der Waals surface area contributed by atoms with Gasteiger partial charge in [-0.3, -0.25) is 9.69 Å². The minimum atomic E-state index is -0.730. The van der Waals surface area contributed by atoms with Crippen LogP contribution in [-0.2, 0) is 34.0 Å². The third-order valence-electron chi connectivity index (χ3n) is 8.97. The van der Waals surface area contributed by atoms with E-state index in [0.29, 0.717) is 56.3 Å². The van der Waals surface area contributed by atoms with Crippen molar-refractivity contribution in [3.63, 3.8) is 0 Å². The molecule has 2 atom stereocenters. The second-order valence-corrected chi connectivity index (χ2v) is 13.2. The van der Waals surface area contributed by atoms with Crippen molar-refractivity contribution in [1.82, 2.24) is 15.2 Å². The lowest BCUT2D eigenvalue weighted by Crippen LogP contribution is -2.30. The van der Waals surface area contributed by atoms with Gasteiger partial charge in [0.25, 0.3) is 0 Å². The normalized spacial score (nSPS) is 14.2. The topological polar surface area (TPSA) is 93.2 Å². The molecule has 0 radical (unpaired) electrons. The Morgan fingerprint density at radius 3 is 2.48 bits per heavy atom. The largest absolute Gasteiger partial charge is 0.459 e. The zero-order valence-corrected chi connectivity index (χ0v) is 30.5. The molecule has 0 bridgehead atoms. The summed E-state index contributed by atoms with van der Waals surface area (Å²) in [6.45, 7) is 6.46. The van der Waals surface area contributed by atoms with Crippen LogP contribution in [0.3, 0.4) is 0 Å². The number of rotatable bonds is 20. The summed E-state index contributed by atoms with van der Waals surface area (Å²) in [6, 6.07) is 32.1. The number of pyridine rings is 1. The van der Waals surface area contributed by atoms with Gasteiger partial charge in [0.05, 0.1) is 18.9 Å². The zero-order valence-electron chi connectivity index (χ0n) is 30.5. The van der Waals surface area contributed by atoms with E-state index in [0.717, 1.165) is 74.9 Å². The number of hydrogen-bond donors (Lipinski definition) is 2. The fourth-order valence-electron chi connectivity index (χ4n) is 6.01. The highest BCUT2D eigenvalue weighted by molar-refractivity contribution is 5.75. The molecule has 1 aromatic heterocycles. The number of aliphatic hydroxyl groups is 1. The number of nitrogens with zero attached hydrogens (tertiary/aromatic N) is 2. The van der Waals surface area contributed by atoms with Crippen molar-refractivity contribution in [3.05, 3.63) is 131 Å². The van der Waals surface area contributed by atoms with E-state index in [9.17, 15) is 9.90 Å². The molecule has 0 saturated carbocycles. The summed E-state index contributed by atoms with van der Waals surface area (Å²) in [5.41, 5.74) is 5.56. The van der Waals surface area contributed by atoms with Crippen LogP contribution in [0.4, 0.5) is 0 Å². The quantitative estimate of drug-likeness (QED) is 0.0711. The zero-order chi connectivity index (χ0) is 36.2. The highest BCUT2D eigenvalue weighted by atomic mass is 16.7. The summed E-state index contributed by atoms with van der Waals surface area (Å²) in [4.78, 5) is 18.9. The fourth-order valence-corrected chi connectivity index (χ4v) is 6.01. The van der Waals surface area contributed by atoms with E-state index < -0.39 is 12.4 Å². The van der Waals surface area contributed by atoms with Gasteiger partial charge in [-0.1, -0.05) is 111 Å². The molecule has 1 aliphatic heterocycles. The summed E-state index contributed by atoms with van der Waals surface area (Å²) in [7, 11) is 0.